The highest BCUT2D eigenvalue weighted by molar-refractivity contribution is 14.1. The van der Waals surface area contributed by atoms with Crippen molar-refractivity contribution >= 4 is 109 Å². The Morgan fingerprint density at radius 3 is 1.30 bits per heavy atom. The molecule has 0 spiro atoms. The number of fused-ring (bicyclic) bond motifs is 6. The summed E-state index contributed by atoms with van der Waals surface area (Å²) in [5, 5.41) is 3.75. The van der Waals surface area contributed by atoms with Crippen molar-refractivity contribution in [2.45, 2.75) is 149 Å². The molecule has 83 heavy (non-hydrogen) atoms. The zero-order valence-electron chi connectivity index (χ0n) is 46.1. The van der Waals surface area contributed by atoms with Gasteiger partial charge in [-0.1, -0.05) is 71.2 Å². The van der Waals surface area contributed by atoms with Crippen molar-refractivity contribution in [1.29, 1.82) is 0 Å². The Labute approximate surface area is 516 Å². The quantitative estimate of drug-likeness (QED) is 0.0943. The Morgan fingerprint density at radius 1 is 0.470 bits per heavy atom. The number of aliphatic imine (C=N–C) groups is 3. The van der Waals surface area contributed by atoms with Gasteiger partial charge in [0.2, 0.25) is 11.8 Å². The van der Waals surface area contributed by atoms with Crippen LogP contribution in [0, 0.1) is 48.7 Å². The maximum atomic E-state index is 13.7. The lowest BCUT2D eigenvalue weighted by molar-refractivity contribution is -0.130. The van der Waals surface area contributed by atoms with Crippen LogP contribution in [0.4, 0.5) is 13.2 Å². The minimum atomic E-state index is -0.163. The van der Waals surface area contributed by atoms with Gasteiger partial charge in [0.05, 0.1) is 59.0 Å². The molecular weight excluding hydrogens is 1270 g/mol. The van der Waals surface area contributed by atoms with E-state index >= 15 is 0 Å². The Morgan fingerprint density at radius 2 is 0.855 bits per heavy atom. The number of aromatic nitrogens is 3. The fraction of sp³-hybridized carbons (Fsp3) is 0.319. The van der Waals surface area contributed by atoms with Gasteiger partial charge in [-0.3, -0.25) is 24.6 Å². The molecule has 13 rings (SSSR count). The van der Waals surface area contributed by atoms with E-state index in [0.717, 1.165) is 45.3 Å². The lowest BCUT2D eigenvalue weighted by atomic mass is 10.00. The molecule has 6 aromatic carbocycles. The fourth-order valence-electron chi connectivity index (χ4n) is 10.9. The first kappa shape index (κ1) is 65.5. The largest absolute Gasteiger partial charge is 0.313 e. The highest BCUT2D eigenvalue weighted by Crippen LogP contribution is 2.39. The van der Waals surface area contributed by atoms with Crippen LogP contribution in [0.3, 0.4) is 0 Å². The predicted molar refractivity (Wildman–Crippen MR) is 360 cm³/mol. The number of carbonyl (C=O) groups is 2. The smallest absolute Gasteiger partial charge is 0.238 e. The number of benzene rings is 6. The first-order valence-corrected chi connectivity index (χ1v) is 28.8. The Bertz CT molecular complexity index is 3870. The van der Waals surface area contributed by atoms with Crippen LogP contribution in [0.25, 0.3) is 49.8 Å². The van der Waals surface area contributed by atoms with E-state index in [9.17, 15) is 22.8 Å². The Hall–Kier alpha value is -6.66. The van der Waals surface area contributed by atoms with Crippen LogP contribution >= 0.6 is 45.5 Å². The number of halogens is 5. The van der Waals surface area contributed by atoms with Gasteiger partial charge in [0.1, 0.15) is 17.5 Å². The second-order valence-corrected chi connectivity index (χ2v) is 23.8. The minimum Gasteiger partial charge on any atom is -0.313 e. The molecule has 0 saturated carbocycles. The molecule has 9 aromatic rings. The molecule has 0 unspecified atom stereocenters. The van der Waals surface area contributed by atoms with Crippen molar-refractivity contribution in [2.24, 2.45) is 15.0 Å². The summed E-state index contributed by atoms with van der Waals surface area (Å²) in [5.74, 6) is 0.508. The van der Waals surface area contributed by atoms with Crippen LogP contribution in [-0.2, 0) is 29.2 Å². The van der Waals surface area contributed by atoms with Crippen molar-refractivity contribution in [2.75, 3.05) is 0 Å². The Balaban J connectivity index is 0.000000183. The summed E-state index contributed by atoms with van der Waals surface area (Å²) < 4.78 is 50.3. The molecule has 0 radical (unpaired) electrons. The fourth-order valence-corrected chi connectivity index (χ4v) is 12.3. The van der Waals surface area contributed by atoms with Crippen molar-refractivity contribution in [1.82, 2.24) is 16.8 Å². The zero-order chi connectivity index (χ0) is 56.3. The highest BCUT2D eigenvalue weighted by Gasteiger charge is 2.27. The number of amides is 2. The van der Waals surface area contributed by atoms with Gasteiger partial charge in [-0.2, -0.15) is 0 Å². The summed E-state index contributed by atoms with van der Waals surface area (Å²) in [6.07, 6.45) is 6.64. The number of carbonyl (C=O) groups excluding carboxylic acids is 2. The number of nitrogens with zero attached hydrogens (tertiary/aromatic N) is 7. The molecule has 1 saturated heterocycles. The predicted octanol–water partition coefficient (Wildman–Crippen LogP) is 19.3. The summed E-state index contributed by atoms with van der Waals surface area (Å²) in [7, 11) is 0. The van der Waals surface area contributed by atoms with E-state index in [4.69, 9.17) is 0 Å². The van der Waals surface area contributed by atoms with Gasteiger partial charge in [-0.25, -0.2) is 16.3 Å². The van der Waals surface area contributed by atoms with Crippen LogP contribution in [0.15, 0.2) is 112 Å². The summed E-state index contributed by atoms with van der Waals surface area (Å²) in [6.45, 7) is 23.1. The monoisotopic (exact) mass is 1350 g/mol. The first-order chi connectivity index (χ1) is 37.7. The molecule has 14 heteroatoms. The lowest BCUT2D eigenvalue weighted by Crippen LogP contribution is -2.16. The SMILES string of the molecule is C.C.C.C.Cc1cc(-n2c(C(C)C)cc3c(C)c4c(cc32)C=NC4)ccc1F.Cc1cc(-n2c(C(C)C)cc3c(I)c4c(cc32)C=NC4)ccc1F.Cc1cc(-n2c(C(C)C)cc3cc4c(cc32)C=NC4)ccc1F.O=C1CCC(=O)N1I. The summed E-state index contributed by atoms with van der Waals surface area (Å²) >= 11 is 4.15. The molecule has 2 amide bonds. The van der Waals surface area contributed by atoms with Gasteiger partial charge in [-0.15, -0.1) is 0 Å². The third-order valence-electron chi connectivity index (χ3n) is 15.3. The topological polar surface area (TPSA) is 89.2 Å². The van der Waals surface area contributed by atoms with E-state index in [1.807, 2.05) is 75.8 Å². The van der Waals surface area contributed by atoms with Crippen molar-refractivity contribution < 1.29 is 22.8 Å². The van der Waals surface area contributed by atoms with Gasteiger partial charge in [0.25, 0.3) is 0 Å². The number of imide groups is 1. The maximum Gasteiger partial charge on any atom is 0.238 e. The van der Waals surface area contributed by atoms with E-state index in [-0.39, 0.29) is 59.0 Å². The van der Waals surface area contributed by atoms with Crippen LogP contribution in [0.2, 0.25) is 0 Å². The van der Waals surface area contributed by atoms with Gasteiger partial charge in [0, 0.05) is 90.9 Å². The van der Waals surface area contributed by atoms with E-state index in [1.165, 1.54) is 86.8 Å². The molecule has 4 aliphatic heterocycles. The van der Waals surface area contributed by atoms with E-state index < -0.39 is 0 Å². The van der Waals surface area contributed by atoms with Crippen molar-refractivity contribution in [3.8, 4) is 17.1 Å². The molecule has 4 aliphatic rings. The second kappa shape index (κ2) is 26.5. The van der Waals surface area contributed by atoms with Gasteiger partial charge in [0.15, 0.2) is 0 Å². The third-order valence-corrected chi connectivity index (χ3v) is 17.6. The lowest BCUT2D eigenvalue weighted by Gasteiger charge is -2.15. The van der Waals surface area contributed by atoms with Crippen LogP contribution < -0.4 is 0 Å². The summed E-state index contributed by atoms with van der Waals surface area (Å²) in [4.78, 5) is 34.1. The van der Waals surface area contributed by atoms with Crippen molar-refractivity contribution in [3.05, 3.63) is 191 Å². The summed E-state index contributed by atoms with van der Waals surface area (Å²) in [6, 6.07) is 31.7. The van der Waals surface area contributed by atoms with E-state index in [0.29, 0.717) is 47.3 Å². The average Bonchev–Trinajstić information content (AvgIpc) is 2.93. The number of rotatable bonds is 6. The van der Waals surface area contributed by atoms with E-state index in [1.54, 1.807) is 41.1 Å². The number of aryl methyl sites for hydroxylation is 4. The molecule has 9 nitrogen and oxygen atoms in total. The number of hydrogen-bond acceptors (Lipinski definition) is 5. The molecule has 0 N–H and O–H groups in total. The summed E-state index contributed by atoms with van der Waals surface area (Å²) in [5.41, 5.74) is 21.1. The molecule has 0 aliphatic carbocycles. The van der Waals surface area contributed by atoms with Gasteiger partial charge in [-0.05, 0) is 215 Å². The van der Waals surface area contributed by atoms with Crippen LogP contribution in [0.1, 0.15) is 175 Å². The molecule has 0 bridgehead atoms. The molecule has 1 fully saturated rings. The molecule has 3 aromatic heterocycles. The molecule has 7 heterocycles. The van der Waals surface area contributed by atoms with Gasteiger partial charge < -0.3 is 13.7 Å². The van der Waals surface area contributed by atoms with Gasteiger partial charge >= 0.3 is 0 Å². The van der Waals surface area contributed by atoms with Crippen LogP contribution in [0.5, 0.6) is 0 Å². The van der Waals surface area contributed by atoms with Crippen molar-refractivity contribution in [3.63, 3.8) is 0 Å². The normalized spacial score (nSPS) is 13.3. The molecule has 0 atom stereocenters. The second-order valence-electron chi connectivity index (χ2n) is 21.8. The first-order valence-electron chi connectivity index (χ1n) is 26.7. The third kappa shape index (κ3) is 12.6. The molecular formula is C69H78F3I2N7O2. The van der Waals surface area contributed by atoms with E-state index in [2.05, 4.69) is 142 Å². The average molecular weight is 1350 g/mol. The highest BCUT2D eigenvalue weighted by atomic mass is 127. The van der Waals surface area contributed by atoms with Crippen LogP contribution in [-0.4, -0.2) is 47.3 Å². The maximum absolute atomic E-state index is 13.7. The minimum absolute atomic E-state index is 0. The number of hydrogen-bond donors (Lipinski definition) is 0. The Kier molecular flexibility index (Phi) is 20.9. The standard InChI is InChI=1S/C21H21FN2.C20H18FIN2.C20H19FN2.C4H4INO2.4CH4/c1-12(2)20-9-17-14(4)18-11-23-10-15(18)8-21(17)24(20)16-5-6-19(22)13(3)7-16;1-11(2)18-8-15-19(7-13-9-23-10-16(13)20(15)22)24(18)14-4-5-17(21)12(3)6-14;1-12(2)19-8-14-7-15-10-22-11-16(15)9-20(14)23(19)17-4-5-18(21)13(3)6-17;5-6-3(7)1-2-4(6)8;;;;/h5-10,12H,11H2,1-4H3;4-9,11H,10H2,1-3H3;4-9,11-12H,10H2,1-3H3;1-2H2;4*1H4. The zero-order valence-corrected chi connectivity index (χ0v) is 50.4. The molecule has 436 valence electrons.